The van der Waals surface area contributed by atoms with Crippen molar-refractivity contribution >= 4 is 0 Å². The van der Waals surface area contributed by atoms with Gasteiger partial charge in [-0.05, 0) is 26.2 Å². The van der Waals surface area contributed by atoms with Crippen molar-refractivity contribution in [2.24, 2.45) is 0 Å². The van der Waals surface area contributed by atoms with Crippen molar-refractivity contribution in [1.29, 1.82) is 0 Å². The van der Waals surface area contributed by atoms with E-state index in [2.05, 4.69) is 48.5 Å². The molecule has 1 aliphatic rings. The lowest BCUT2D eigenvalue weighted by molar-refractivity contribution is 0.0692. The van der Waals surface area contributed by atoms with E-state index in [9.17, 15) is 0 Å². The topological polar surface area (TPSA) is 78.9 Å². The van der Waals surface area contributed by atoms with Crippen LogP contribution in [0.5, 0.6) is 0 Å². The Bertz CT molecular complexity index is 394. The van der Waals surface area contributed by atoms with Gasteiger partial charge in [0, 0.05) is 32.5 Å². The molecule has 1 aliphatic heterocycles. The largest absolute Gasteiger partial charge is 0.501 e. The van der Waals surface area contributed by atoms with Gasteiger partial charge >= 0.3 is 0 Å². The van der Waals surface area contributed by atoms with Crippen LogP contribution >= 0.6 is 0 Å². The minimum atomic E-state index is 0.00608. The molecular formula is C32H70O7. The Balaban J connectivity index is -0.000000210. The van der Waals surface area contributed by atoms with Crippen LogP contribution in [0.3, 0.4) is 0 Å². The Morgan fingerprint density at radius 3 is 1.59 bits per heavy atom. The van der Waals surface area contributed by atoms with Crippen LogP contribution in [0.15, 0.2) is 11.8 Å². The smallest absolute Gasteiger partial charge is 0.104 e. The third kappa shape index (κ3) is 58.0. The molecule has 1 N–H and O–H groups in total. The van der Waals surface area contributed by atoms with Crippen molar-refractivity contribution in [1.82, 2.24) is 0 Å². The standard InChI is InChI=1S/C10H20O3.C7H14O2.C7H16O2.C5H12.C3H8/c1-3-5-6-13-9-10(7-11)8-12-4-2;1-2-3-4-8-5-7-6-9-7;1-3-4-5-9-7-6-8-2;1-3-5-4-2;1-3-2/h8,11H,3-7,9H2,1-2H3;7H,2-6H2,1H3;3-7H2,1-2H3;3-5H2,1-2H3;3H2,1-2H3/b10-8-;;;;. The Hall–Kier alpha value is -0.700. The molecule has 240 valence electrons. The van der Waals surface area contributed by atoms with E-state index in [0.717, 1.165) is 64.5 Å². The fourth-order valence-electron chi connectivity index (χ4n) is 2.24. The summed E-state index contributed by atoms with van der Waals surface area (Å²) in [4.78, 5) is 0. The van der Waals surface area contributed by atoms with Crippen LogP contribution in [-0.2, 0) is 28.4 Å². The number of epoxide rings is 1. The first-order chi connectivity index (χ1) is 19.0. The van der Waals surface area contributed by atoms with E-state index in [4.69, 9.17) is 33.5 Å². The second-order valence-electron chi connectivity index (χ2n) is 9.20. The Labute approximate surface area is 244 Å². The van der Waals surface area contributed by atoms with Crippen molar-refractivity contribution in [2.45, 2.75) is 126 Å². The van der Waals surface area contributed by atoms with E-state index in [1.807, 2.05) is 6.92 Å². The zero-order valence-corrected chi connectivity index (χ0v) is 27.7. The maximum atomic E-state index is 8.88. The molecule has 0 aromatic heterocycles. The summed E-state index contributed by atoms with van der Waals surface area (Å²) in [6, 6.07) is 0. The second-order valence-corrected chi connectivity index (χ2v) is 9.20. The van der Waals surface area contributed by atoms with Crippen LogP contribution in [0.4, 0.5) is 0 Å². The molecule has 7 nitrogen and oxygen atoms in total. The fourth-order valence-corrected chi connectivity index (χ4v) is 2.24. The second kappa shape index (κ2) is 47.1. The highest BCUT2D eigenvalue weighted by Crippen LogP contribution is 2.08. The minimum Gasteiger partial charge on any atom is -0.501 e. The van der Waals surface area contributed by atoms with Crippen LogP contribution in [0.2, 0.25) is 0 Å². The first-order valence-corrected chi connectivity index (χ1v) is 15.8. The lowest BCUT2D eigenvalue weighted by atomic mass is 10.3. The summed E-state index contributed by atoms with van der Waals surface area (Å²) in [6.07, 6.45) is 14.3. The first kappa shape index (κ1) is 45.3. The van der Waals surface area contributed by atoms with Gasteiger partial charge in [0.1, 0.15) is 6.10 Å². The van der Waals surface area contributed by atoms with Crippen LogP contribution in [0.1, 0.15) is 120 Å². The van der Waals surface area contributed by atoms with Crippen LogP contribution < -0.4 is 0 Å². The van der Waals surface area contributed by atoms with Crippen molar-refractivity contribution in [3.8, 4) is 0 Å². The highest BCUT2D eigenvalue weighted by atomic mass is 16.6. The zero-order chi connectivity index (χ0) is 30.2. The van der Waals surface area contributed by atoms with Crippen molar-refractivity contribution < 1.29 is 33.5 Å². The molecule has 1 heterocycles. The molecule has 1 atom stereocenters. The highest BCUT2D eigenvalue weighted by molar-refractivity contribution is 4.98. The van der Waals surface area contributed by atoms with Gasteiger partial charge in [0.25, 0.3) is 0 Å². The van der Waals surface area contributed by atoms with Gasteiger partial charge in [-0.1, -0.05) is 93.4 Å². The van der Waals surface area contributed by atoms with Gasteiger partial charge in [-0.2, -0.15) is 0 Å². The summed E-state index contributed by atoms with van der Waals surface area (Å²) in [5, 5.41) is 8.88. The van der Waals surface area contributed by atoms with Crippen molar-refractivity contribution in [3.63, 3.8) is 0 Å². The highest BCUT2D eigenvalue weighted by Gasteiger charge is 2.21. The summed E-state index contributed by atoms with van der Waals surface area (Å²) in [5.74, 6) is 0. The predicted molar refractivity (Wildman–Crippen MR) is 167 cm³/mol. The Kier molecular flexibility index (Phi) is 54.7. The third-order valence-electron chi connectivity index (χ3n) is 4.68. The zero-order valence-electron chi connectivity index (χ0n) is 27.7. The number of hydrogen-bond acceptors (Lipinski definition) is 7. The van der Waals surface area contributed by atoms with Crippen molar-refractivity contribution in [2.75, 3.05) is 73.2 Å². The van der Waals surface area contributed by atoms with Gasteiger partial charge in [-0.3, -0.25) is 0 Å². The summed E-state index contributed by atoms with van der Waals surface area (Å²) in [5.41, 5.74) is 0.790. The number of hydrogen-bond donors (Lipinski definition) is 1. The number of methoxy groups -OCH3 is 1. The predicted octanol–water partition coefficient (Wildman–Crippen LogP) is 7.98. The molecule has 0 aliphatic carbocycles. The molecule has 1 saturated heterocycles. The lowest BCUT2D eigenvalue weighted by Crippen LogP contribution is -2.04. The fraction of sp³-hybridized carbons (Fsp3) is 0.938. The summed E-state index contributed by atoms with van der Waals surface area (Å²) < 4.78 is 30.6. The molecule has 1 fully saturated rings. The Morgan fingerprint density at radius 1 is 0.718 bits per heavy atom. The van der Waals surface area contributed by atoms with E-state index >= 15 is 0 Å². The quantitative estimate of drug-likeness (QED) is 0.0857. The molecule has 0 radical (unpaired) electrons. The van der Waals surface area contributed by atoms with Gasteiger partial charge < -0.3 is 33.5 Å². The first-order valence-electron chi connectivity index (χ1n) is 15.8. The molecule has 0 aromatic carbocycles. The molecule has 0 spiro atoms. The summed E-state index contributed by atoms with van der Waals surface area (Å²) in [7, 11) is 1.68. The SMILES string of the molecule is CCC.CCCCC.CCCCOC/C(=C\OCC)CO.CCCCOCC1CO1.CCCCOCCOC. The van der Waals surface area contributed by atoms with Gasteiger partial charge in [-0.25, -0.2) is 0 Å². The normalized spacial score (nSPS) is 13.4. The maximum Gasteiger partial charge on any atom is 0.104 e. The molecule has 39 heavy (non-hydrogen) atoms. The van der Waals surface area contributed by atoms with Crippen LogP contribution in [0.25, 0.3) is 0 Å². The molecule has 0 aromatic rings. The average Bonchev–Trinajstić information content (AvgIpc) is 3.77. The maximum absolute atomic E-state index is 8.88. The van der Waals surface area contributed by atoms with E-state index in [1.54, 1.807) is 13.4 Å². The van der Waals surface area contributed by atoms with Crippen molar-refractivity contribution in [3.05, 3.63) is 11.8 Å². The number of aliphatic hydroxyl groups is 1. The van der Waals surface area contributed by atoms with E-state index < -0.39 is 0 Å². The third-order valence-corrected chi connectivity index (χ3v) is 4.68. The molecular weight excluding hydrogens is 496 g/mol. The van der Waals surface area contributed by atoms with Crippen LogP contribution in [-0.4, -0.2) is 84.4 Å². The number of rotatable bonds is 21. The van der Waals surface area contributed by atoms with Gasteiger partial charge in [0.2, 0.25) is 0 Å². The van der Waals surface area contributed by atoms with Gasteiger partial charge in [0.05, 0.1) is 52.5 Å². The molecule has 0 bridgehead atoms. The van der Waals surface area contributed by atoms with Gasteiger partial charge in [-0.15, -0.1) is 0 Å². The molecule has 0 amide bonds. The van der Waals surface area contributed by atoms with Crippen LogP contribution in [0, 0.1) is 0 Å². The van der Waals surface area contributed by atoms with Gasteiger partial charge in [0.15, 0.2) is 0 Å². The van der Waals surface area contributed by atoms with E-state index in [1.165, 1.54) is 44.9 Å². The van der Waals surface area contributed by atoms with E-state index in [-0.39, 0.29) is 6.61 Å². The molecule has 1 unspecified atom stereocenters. The molecule has 7 heteroatoms. The Morgan fingerprint density at radius 2 is 1.21 bits per heavy atom. The lowest BCUT2D eigenvalue weighted by Gasteiger charge is -2.05. The number of unbranched alkanes of at least 4 members (excludes halogenated alkanes) is 5. The minimum absolute atomic E-state index is 0.00608. The number of ether oxygens (including phenoxy) is 6. The molecule has 0 saturated carbocycles. The number of aliphatic hydroxyl groups excluding tert-OH is 1. The monoisotopic (exact) mass is 567 g/mol. The molecule has 1 rings (SSSR count). The summed E-state index contributed by atoms with van der Waals surface area (Å²) >= 11 is 0. The summed E-state index contributed by atoms with van der Waals surface area (Å²) in [6.45, 7) is 23.8. The van der Waals surface area contributed by atoms with E-state index in [0.29, 0.717) is 25.9 Å². The average molecular weight is 567 g/mol.